The number of nitrogens with zero attached hydrogens (tertiary/aromatic N) is 3. The van der Waals surface area contributed by atoms with Gasteiger partial charge in [0.1, 0.15) is 11.6 Å². The van der Waals surface area contributed by atoms with Crippen LogP contribution < -0.4 is 15.4 Å². The molecule has 0 aliphatic rings. The number of hydrogen-bond acceptors (Lipinski definition) is 8. The molecule has 1 heterocycles. The monoisotopic (exact) mass is 635 g/mol. The lowest BCUT2D eigenvalue weighted by Crippen LogP contribution is -2.39. The van der Waals surface area contributed by atoms with Crippen molar-refractivity contribution in [1.82, 2.24) is 9.97 Å². The Hall–Kier alpha value is -2.75. The lowest BCUT2D eigenvalue weighted by atomic mass is 10.0. The van der Waals surface area contributed by atoms with Crippen molar-refractivity contribution < 1.29 is 31.4 Å². The lowest BCUT2D eigenvalue weighted by molar-refractivity contribution is -0.274. The third kappa shape index (κ3) is 8.38. The molecule has 0 amide bonds. The van der Waals surface area contributed by atoms with Gasteiger partial charge in [0, 0.05) is 16.8 Å². The Morgan fingerprint density at radius 3 is 2.26 bits per heavy atom. The molecule has 2 atom stereocenters. The summed E-state index contributed by atoms with van der Waals surface area (Å²) in [5.74, 6) is 0.261. The quantitative estimate of drug-likeness (QED) is 0.276. The largest absolute Gasteiger partial charge is 0.573 e. The van der Waals surface area contributed by atoms with Gasteiger partial charge < -0.3 is 20.5 Å². The Morgan fingerprint density at radius 2 is 1.71 bits per heavy atom. The maximum Gasteiger partial charge on any atom is 0.573 e. The molecule has 0 saturated heterocycles. The highest BCUT2D eigenvalue weighted by Gasteiger charge is 2.31. The molecule has 9 nitrogen and oxygen atoms in total. The van der Waals surface area contributed by atoms with Gasteiger partial charge in [-0.05, 0) is 91.5 Å². The van der Waals surface area contributed by atoms with Crippen molar-refractivity contribution in [3.63, 3.8) is 0 Å². The van der Waals surface area contributed by atoms with E-state index in [9.17, 15) is 26.7 Å². The summed E-state index contributed by atoms with van der Waals surface area (Å²) < 4.78 is 70.5. The SMILES string of the molecule is C[C@@H](Nc1nc(Nc2ccc(S(C)=NS(=O)(=O)c3ccc(OC(F)(F)F)cc3)cc2)ncc1Br)C(C)(C)O. The van der Waals surface area contributed by atoms with E-state index < -0.39 is 38.4 Å². The summed E-state index contributed by atoms with van der Waals surface area (Å²) in [5.41, 5.74) is -0.341. The maximum absolute atomic E-state index is 12.6. The standard InChI is InChI=1S/C23H25BrF3N5O4S2/c1-14(22(2,3)33)29-20-19(24)13-28-21(31-20)30-15-5-9-17(10-6-15)37(4)32-38(34,35)18-11-7-16(8-12-18)36-23(25,26)27/h5-14,33H,1-4H3,(H2,28,29,30,31)/t14-,37?/m1/s1. The van der Waals surface area contributed by atoms with Crippen LogP contribution in [-0.2, 0) is 20.7 Å². The van der Waals surface area contributed by atoms with Gasteiger partial charge in [0.25, 0.3) is 10.0 Å². The predicted molar refractivity (Wildman–Crippen MR) is 143 cm³/mol. The first-order valence-electron chi connectivity index (χ1n) is 10.9. The normalized spacial score (nSPS) is 14.1. The Labute approximate surface area is 229 Å². The highest BCUT2D eigenvalue weighted by atomic mass is 79.9. The van der Waals surface area contributed by atoms with Crippen molar-refractivity contribution in [2.24, 2.45) is 3.77 Å². The number of hydrogen-bond donors (Lipinski definition) is 3. The molecule has 1 aromatic heterocycles. The fraction of sp³-hybridized carbons (Fsp3) is 0.304. The average molecular weight is 637 g/mol. The molecule has 0 aliphatic heterocycles. The van der Waals surface area contributed by atoms with Gasteiger partial charge in [-0.3, -0.25) is 0 Å². The second kappa shape index (κ2) is 11.6. The molecule has 38 heavy (non-hydrogen) atoms. The van der Waals surface area contributed by atoms with Crippen molar-refractivity contribution in [2.45, 2.75) is 48.6 Å². The van der Waals surface area contributed by atoms with Crippen LogP contribution in [0.25, 0.3) is 0 Å². The molecule has 206 valence electrons. The van der Waals surface area contributed by atoms with Crippen LogP contribution in [0.15, 0.2) is 72.8 Å². The summed E-state index contributed by atoms with van der Waals surface area (Å²) in [4.78, 5) is 9.03. The van der Waals surface area contributed by atoms with Crippen molar-refractivity contribution in [3.8, 4) is 5.75 Å². The number of aromatic nitrogens is 2. The van der Waals surface area contributed by atoms with E-state index in [-0.39, 0.29) is 10.9 Å². The number of anilines is 3. The number of halogens is 4. The Balaban J connectivity index is 1.73. The summed E-state index contributed by atoms with van der Waals surface area (Å²) in [6.07, 6.45) is -1.70. The van der Waals surface area contributed by atoms with Crippen molar-refractivity contribution in [2.75, 3.05) is 16.9 Å². The van der Waals surface area contributed by atoms with E-state index in [0.29, 0.717) is 26.8 Å². The van der Waals surface area contributed by atoms with Crippen molar-refractivity contribution >= 4 is 54.1 Å². The first-order valence-corrected chi connectivity index (χ1v) is 14.7. The van der Waals surface area contributed by atoms with Crippen LogP contribution in [0.5, 0.6) is 5.75 Å². The summed E-state index contributed by atoms with van der Waals surface area (Å²) >= 11 is 3.39. The topological polar surface area (TPSA) is 126 Å². The van der Waals surface area contributed by atoms with Gasteiger partial charge in [0.15, 0.2) is 0 Å². The second-order valence-corrected chi connectivity index (χ2v) is 12.9. The van der Waals surface area contributed by atoms with Gasteiger partial charge in [-0.15, -0.1) is 16.9 Å². The Kier molecular flexibility index (Phi) is 9.06. The molecule has 1 unspecified atom stereocenters. The van der Waals surface area contributed by atoms with E-state index in [1.54, 1.807) is 50.6 Å². The van der Waals surface area contributed by atoms with Crippen LogP contribution in [0, 0.1) is 0 Å². The number of rotatable bonds is 9. The van der Waals surface area contributed by atoms with Gasteiger partial charge in [-0.2, -0.15) is 13.4 Å². The summed E-state index contributed by atoms with van der Waals surface area (Å²) in [6, 6.07) is 10.4. The fourth-order valence-electron chi connectivity index (χ4n) is 2.82. The zero-order valence-electron chi connectivity index (χ0n) is 20.6. The van der Waals surface area contributed by atoms with Crippen LogP contribution in [0.2, 0.25) is 0 Å². The number of alkyl halides is 3. The first-order chi connectivity index (χ1) is 17.5. The molecular formula is C23H25BrF3N5O4S2. The highest BCUT2D eigenvalue weighted by molar-refractivity contribution is 9.10. The minimum atomic E-state index is -4.87. The minimum Gasteiger partial charge on any atom is -0.406 e. The molecule has 3 aromatic rings. The summed E-state index contributed by atoms with van der Waals surface area (Å²) in [6.45, 7) is 5.19. The third-order valence-corrected chi connectivity index (χ3v) is 9.26. The fourth-order valence-corrected chi connectivity index (χ4v) is 6.00. The van der Waals surface area contributed by atoms with E-state index >= 15 is 0 Å². The van der Waals surface area contributed by atoms with Crippen LogP contribution in [0.4, 0.5) is 30.6 Å². The van der Waals surface area contributed by atoms with Gasteiger partial charge >= 0.3 is 6.36 Å². The van der Waals surface area contributed by atoms with Crippen molar-refractivity contribution in [1.29, 1.82) is 0 Å². The zero-order valence-corrected chi connectivity index (χ0v) is 23.8. The smallest absolute Gasteiger partial charge is 0.406 e. The number of sulfonamides is 1. The second-order valence-electron chi connectivity index (χ2n) is 8.61. The van der Waals surface area contributed by atoms with E-state index in [0.717, 1.165) is 24.3 Å². The van der Waals surface area contributed by atoms with Gasteiger partial charge in [-0.1, -0.05) is 10.7 Å². The van der Waals surface area contributed by atoms with Crippen LogP contribution in [0.1, 0.15) is 20.8 Å². The average Bonchev–Trinajstić information content (AvgIpc) is 2.80. The highest BCUT2D eigenvalue weighted by Crippen LogP contribution is 2.27. The third-order valence-electron chi connectivity index (χ3n) is 5.17. The zero-order chi connectivity index (χ0) is 28.3. The number of ether oxygens (including phenoxy) is 1. The van der Waals surface area contributed by atoms with E-state index in [4.69, 9.17) is 0 Å². The lowest BCUT2D eigenvalue weighted by Gasteiger charge is -2.27. The molecule has 3 N–H and O–H groups in total. The molecule has 0 spiro atoms. The van der Waals surface area contributed by atoms with Crippen LogP contribution in [0.3, 0.4) is 0 Å². The van der Waals surface area contributed by atoms with Gasteiger partial charge in [0.2, 0.25) is 5.95 Å². The molecule has 0 aliphatic carbocycles. The molecule has 3 rings (SSSR count). The molecule has 0 radical (unpaired) electrons. The summed E-state index contributed by atoms with van der Waals surface area (Å²) in [7, 11) is -5.20. The molecule has 15 heteroatoms. The molecule has 0 fully saturated rings. The number of benzene rings is 2. The maximum atomic E-state index is 12.6. The van der Waals surface area contributed by atoms with E-state index in [2.05, 4.69) is 45.0 Å². The molecular weight excluding hydrogens is 611 g/mol. The predicted octanol–water partition coefficient (Wildman–Crippen LogP) is 5.63. The minimum absolute atomic E-state index is 0.250. The van der Waals surface area contributed by atoms with Crippen molar-refractivity contribution in [3.05, 3.63) is 59.2 Å². The van der Waals surface area contributed by atoms with Gasteiger partial charge in [0.05, 0.1) is 21.0 Å². The number of aliphatic hydroxyl groups is 1. The van der Waals surface area contributed by atoms with Gasteiger partial charge in [-0.25, -0.2) is 4.98 Å². The number of nitrogens with one attached hydrogen (secondary N) is 2. The summed E-state index contributed by atoms with van der Waals surface area (Å²) in [5, 5.41) is 16.4. The Bertz CT molecular complexity index is 1410. The molecule has 0 bridgehead atoms. The Morgan fingerprint density at radius 1 is 1.11 bits per heavy atom. The first kappa shape index (κ1) is 29.8. The van der Waals surface area contributed by atoms with E-state index in [1.165, 1.54) is 0 Å². The van der Waals surface area contributed by atoms with Crippen LogP contribution in [-0.4, -0.2) is 47.8 Å². The molecule has 0 saturated carbocycles. The molecule has 2 aromatic carbocycles. The van der Waals surface area contributed by atoms with Crippen LogP contribution >= 0.6 is 15.9 Å². The van der Waals surface area contributed by atoms with E-state index in [1.807, 2.05) is 6.92 Å².